The maximum Gasteiger partial charge on any atom is 0.132 e. The fourth-order valence-corrected chi connectivity index (χ4v) is 1.72. The van der Waals surface area contributed by atoms with Crippen LogP contribution in [0.2, 0.25) is 5.02 Å². The van der Waals surface area contributed by atoms with Crippen LogP contribution in [-0.2, 0) is 0 Å². The molecule has 16 heavy (non-hydrogen) atoms. The van der Waals surface area contributed by atoms with Gasteiger partial charge in [-0.05, 0) is 18.6 Å². The predicted octanol–water partition coefficient (Wildman–Crippen LogP) is 2.81. The maximum absolute atomic E-state index is 13.9. The van der Waals surface area contributed by atoms with Gasteiger partial charge >= 0.3 is 0 Å². The zero-order chi connectivity index (χ0) is 12.5. The van der Waals surface area contributed by atoms with E-state index >= 15 is 0 Å². The van der Waals surface area contributed by atoms with Gasteiger partial charge in [-0.1, -0.05) is 31.5 Å². The van der Waals surface area contributed by atoms with E-state index in [1.807, 2.05) is 0 Å². The van der Waals surface area contributed by atoms with Gasteiger partial charge < -0.3 is 10.8 Å². The molecule has 4 heteroatoms. The summed E-state index contributed by atoms with van der Waals surface area (Å²) in [5.74, 6) is -0.387. The van der Waals surface area contributed by atoms with E-state index in [-0.39, 0.29) is 18.0 Å². The molecular weight excluding hydrogens is 229 g/mol. The Balaban J connectivity index is 3.28. The number of rotatable bonds is 3. The van der Waals surface area contributed by atoms with E-state index in [2.05, 4.69) is 0 Å². The molecule has 0 heterocycles. The van der Waals surface area contributed by atoms with E-state index in [0.29, 0.717) is 10.6 Å². The van der Waals surface area contributed by atoms with Gasteiger partial charge in [0, 0.05) is 28.6 Å². The molecule has 0 aliphatic heterocycles. The van der Waals surface area contributed by atoms with E-state index < -0.39 is 11.5 Å². The highest BCUT2D eigenvalue weighted by atomic mass is 35.5. The second-order valence-corrected chi connectivity index (χ2v) is 5.12. The van der Waals surface area contributed by atoms with Crippen molar-refractivity contribution in [3.8, 4) is 0 Å². The molecule has 0 aliphatic carbocycles. The molecule has 0 fully saturated rings. The summed E-state index contributed by atoms with van der Waals surface area (Å²) in [6, 6.07) is 2.60. The van der Waals surface area contributed by atoms with Gasteiger partial charge in [0.15, 0.2) is 0 Å². The lowest BCUT2D eigenvalue weighted by Gasteiger charge is -2.30. The van der Waals surface area contributed by atoms with Gasteiger partial charge in [-0.25, -0.2) is 4.39 Å². The minimum Gasteiger partial charge on any atom is -0.396 e. The Morgan fingerprint density at radius 1 is 1.50 bits per heavy atom. The molecule has 0 aliphatic rings. The van der Waals surface area contributed by atoms with Gasteiger partial charge in [-0.15, -0.1) is 0 Å². The van der Waals surface area contributed by atoms with Crippen LogP contribution in [0, 0.1) is 18.2 Å². The van der Waals surface area contributed by atoms with E-state index in [1.54, 1.807) is 32.9 Å². The van der Waals surface area contributed by atoms with Gasteiger partial charge in [0.2, 0.25) is 0 Å². The maximum atomic E-state index is 13.9. The number of aliphatic hydroxyl groups is 1. The second kappa shape index (κ2) is 4.70. The number of nitrogens with two attached hydrogens (primary N) is 1. The van der Waals surface area contributed by atoms with Crippen molar-refractivity contribution in [2.24, 2.45) is 11.1 Å². The van der Waals surface area contributed by atoms with Gasteiger partial charge in [-0.2, -0.15) is 0 Å². The lowest BCUT2D eigenvalue weighted by Crippen LogP contribution is -2.33. The Morgan fingerprint density at radius 2 is 2.06 bits per heavy atom. The number of hydrogen-bond acceptors (Lipinski definition) is 2. The quantitative estimate of drug-likeness (QED) is 0.860. The largest absolute Gasteiger partial charge is 0.396 e. The van der Waals surface area contributed by atoms with Crippen LogP contribution in [-0.4, -0.2) is 11.7 Å². The molecule has 0 aromatic heterocycles. The average molecular weight is 246 g/mol. The molecule has 0 spiro atoms. The average Bonchev–Trinajstić information content (AvgIpc) is 2.24. The standard InChI is InChI=1S/C12H17ClFNO/c1-7-4-5-8(13)9(10(7)14)11(15)12(2,3)6-16/h4-5,11,16H,6,15H2,1-3H3/t11-/m0/s1. The summed E-state index contributed by atoms with van der Waals surface area (Å²) in [4.78, 5) is 0. The summed E-state index contributed by atoms with van der Waals surface area (Å²) in [6.07, 6.45) is 0. The molecule has 0 saturated carbocycles. The number of hydrogen-bond donors (Lipinski definition) is 2. The molecule has 0 amide bonds. The zero-order valence-corrected chi connectivity index (χ0v) is 10.5. The normalized spacial score (nSPS) is 13.9. The summed E-state index contributed by atoms with van der Waals surface area (Å²) in [5.41, 5.74) is 6.14. The highest BCUT2D eigenvalue weighted by Crippen LogP contribution is 2.36. The Hall–Kier alpha value is -0.640. The minimum absolute atomic E-state index is 0.127. The van der Waals surface area contributed by atoms with Crippen LogP contribution >= 0.6 is 11.6 Å². The van der Waals surface area contributed by atoms with Crippen molar-refractivity contribution in [3.05, 3.63) is 34.1 Å². The summed E-state index contributed by atoms with van der Waals surface area (Å²) >= 11 is 5.96. The molecule has 0 bridgehead atoms. The SMILES string of the molecule is Cc1ccc(Cl)c([C@H](N)C(C)(C)CO)c1F. The van der Waals surface area contributed by atoms with Gasteiger partial charge in [0.05, 0.1) is 0 Å². The molecular formula is C12H17ClFNO. The fraction of sp³-hybridized carbons (Fsp3) is 0.500. The van der Waals surface area contributed by atoms with Gasteiger partial charge in [0.25, 0.3) is 0 Å². The van der Waals surface area contributed by atoms with Crippen molar-refractivity contribution in [1.29, 1.82) is 0 Å². The molecule has 3 N–H and O–H groups in total. The first-order valence-corrected chi connectivity index (χ1v) is 5.50. The lowest BCUT2D eigenvalue weighted by atomic mass is 9.81. The van der Waals surface area contributed by atoms with E-state index in [9.17, 15) is 9.50 Å². The molecule has 1 aromatic carbocycles. The Labute approximate surface area is 100 Å². The summed E-state index contributed by atoms with van der Waals surface area (Å²) < 4.78 is 13.9. The van der Waals surface area contributed by atoms with Crippen LogP contribution in [0.15, 0.2) is 12.1 Å². The Bertz CT molecular complexity index is 393. The first kappa shape index (κ1) is 13.4. The molecule has 0 radical (unpaired) electrons. The first-order chi connectivity index (χ1) is 7.31. The van der Waals surface area contributed by atoms with Gasteiger partial charge in [-0.3, -0.25) is 0 Å². The third-order valence-corrected chi connectivity index (χ3v) is 3.21. The highest BCUT2D eigenvalue weighted by molar-refractivity contribution is 6.31. The van der Waals surface area contributed by atoms with Crippen molar-refractivity contribution >= 4 is 11.6 Å². The summed E-state index contributed by atoms with van der Waals surface area (Å²) in [7, 11) is 0. The minimum atomic E-state index is -0.634. The monoisotopic (exact) mass is 245 g/mol. The summed E-state index contributed by atoms with van der Waals surface area (Å²) in [5, 5.41) is 9.53. The van der Waals surface area contributed by atoms with Crippen LogP contribution in [0.4, 0.5) is 4.39 Å². The Kier molecular flexibility index (Phi) is 3.94. The van der Waals surface area contributed by atoms with Crippen molar-refractivity contribution < 1.29 is 9.50 Å². The zero-order valence-electron chi connectivity index (χ0n) is 9.72. The first-order valence-electron chi connectivity index (χ1n) is 5.12. The molecule has 90 valence electrons. The van der Waals surface area contributed by atoms with Crippen LogP contribution < -0.4 is 5.73 Å². The smallest absolute Gasteiger partial charge is 0.132 e. The Morgan fingerprint density at radius 3 is 2.56 bits per heavy atom. The van der Waals surface area contributed by atoms with E-state index in [4.69, 9.17) is 17.3 Å². The topological polar surface area (TPSA) is 46.2 Å². The molecule has 2 nitrogen and oxygen atoms in total. The van der Waals surface area contributed by atoms with Crippen molar-refractivity contribution in [2.75, 3.05) is 6.61 Å². The number of benzene rings is 1. The highest BCUT2D eigenvalue weighted by Gasteiger charge is 2.31. The van der Waals surface area contributed by atoms with Gasteiger partial charge in [0.1, 0.15) is 5.82 Å². The van der Waals surface area contributed by atoms with Crippen LogP contribution in [0.1, 0.15) is 31.0 Å². The van der Waals surface area contributed by atoms with Crippen molar-refractivity contribution in [3.63, 3.8) is 0 Å². The fourth-order valence-electron chi connectivity index (χ4n) is 1.45. The molecule has 0 saturated heterocycles. The van der Waals surface area contributed by atoms with Crippen molar-refractivity contribution in [1.82, 2.24) is 0 Å². The second-order valence-electron chi connectivity index (χ2n) is 4.72. The third kappa shape index (κ3) is 2.37. The van der Waals surface area contributed by atoms with Crippen LogP contribution in [0.5, 0.6) is 0 Å². The number of aryl methyl sites for hydroxylation is 1. The van der Waals surface area contributed by atoms with E-state index in [1.165, 1.54) is 0 Å². The third-order valence-electron chi connectivity index (χ3n) is 2.88. The molecule has 1 aromatic rings. The number of aliphatic hydroxyl groups excluding tert-OH is 1. The predicted molar refractivity (Wildman–Crippen MR) is 63.9 cm³/mol. The molecule has 1 rings (SSSR count). The van der Waals surface area contributed by atoms with E-state index in [0.717, 1.165) is 0 Å². The molecule has 0 unspecified atom stereocenters. The van der Waals surface area contributed by atoms with Crippen LogP contribution in [0.3, 0.4) is 0 Å². The van der Waals surface area contributed by atoms with Crippen molar-refractivity contribution in [2.45, 2.75) is 26.8 Å². The number of halogens is 2. The molecule has 1 atom stereocenters. The summed E-state index contributed by atoms with van der Waals surface area (Å²) in [6.45, 7) is 5.08. The lowest BCUT2D eigenvalue weighted by molar-refractivity contribution is 0.131. The van der Waals surface area contributed by atoms with Crippen LogP contribution in [0.25, 0.3) is 0 Å².